The number of para-hydroxylation sites is 1. The highest BCUT2D eigenvalue weighted by molar-refractivity contribution is 5.86. The van der Waals surface area contributed by atoms with E-state index in [-0.39, 0.29) is 12.5 Å². The highest BCUT2D eigenvalue weighted by Crippen LogP contribution is 2.17. The Bertz CT molecular complexity index is 1100. The van der Waals surface area contributed by atoms with Crippen molar-refractivity contribution in [1.29, 1.82) is 0 Å². The van der Waals surface area contributed by atoms with E-state index in [9.17, 15) is 4.79 Å². The van der Waals surface area contributed by atoms with Gasteiger partial charge in [-0.25, -0.2) is 9.67 Å². The minimum absolute atomic E-state index is 0.0306. The number of amides is 1. The average molecular weight is 449 g/mol. The molecule has 3 aromatic rings. The standard InChI is InChI=1S/C25H32N6O2/c1-18-14-19(2)31(29-18)23-9-7-6-8-21(23)16-27-25(28-17-24(32)30(3)4)26-15-20-10-12-22(33-5)13-11-20/h6-14H,15-17H2,1-5H3,(H2,26,27,28). The van der Waals surface area contributed by atoms with Gasteiger partial charge in [0.05, 0.1) is 31.6 Å². The molecule has 0 aliphatic carbocycles. The molecule has 2 aromatic carbocycles. The molecule has 0 unspecified atom stereocenters. The van der Waals surface area contributed by atoms with Crippen LogP contribution in [0.3, 0.4) is 0 Å². The smallest absolute Gasteiger partial charge is 0.241 e. The Kier molecular flexibility index (Phi) is 8.07. The van der Waals surface area contributed by atoms with Crippen molar-refractivity contribution in [2.45, 2.75) is 26.9 Å². The molecule has 0 atom stereocenters. The van der Waals surface area contributed by atoms with Gasteiger partial charge >= 0.3 is 0 Å². The van der Waals surface area contributed by atoms with Crippen LogP contribution in [0.15, 0.2) is 59.6 Å². The van der Waals surface area contributed by atoms with E-state index in [4.69, 9.17) is 4.74 Å². The lowest BCUT2D eigenvalue weighted by Crippen LogP contribution is -2.42. The predicted octanol–water partition coefficient (Wildman–Crippen LogP) is 2.82. The number of methoxy groups -OCH3 is 1. The van der Waals surface area contributed by atoms with Gasteiger partial charge in [-0.3, -0.25) is 4.79 Å². The Balaban J connectivity index is 1.77. The van der Waals surface area contributed by atoms with Gasteiger partial charge in [0, 0.05) is 26.3 Å². The molecule has 1 heterocycles. The fraction of sp³-hybridized carbons (Fsp3) is 0.320. The Morgan fingerprint density at radius 1 is 1.09 bits per heavy atom. The van der Waals surface area contributed by atoms with Gasteiger partial charge in [0.1, 0.15) is 5.75 Å². The number of aromatic nitrogens is 2. The summed E-state index contributed by atoms with van der Waals surface area (Å²) in [5, 5.41) is 11.1. The maximum absolute atomic E-state index is 12.1. The van der Waals surface area contributed by atoms with Crippen LogP contribution in [0, 0.1) is 13.8 Å². The van der Waals surface area contributed by atoms with Crippen LogP contribution in [-0.2, 0) is 17.9 Å². The number of benzene rings is 2. The molecular weight excluding hydrogens is 416 g/mol. The van der Waals surface area contributed by atoms with Gasteiger partial charge in [-0.15, -0.1) is 0 Å². The summed E-state index contributed by atoms with van der Waals surface area (Å²) in [7, 11) is 5.11. The monoisotopic (exact) mass is 448 g/mol. The van der Waals surface area contributed by atoms with E-state index in [1.54, 1.807) is 26.1 Å². The van der Waals surface area contributed by atoms with Crippen LogP contribution in [0.2, 0.25) is 0 Å². The molecule has 1 amide bonds. The molecule has 0 spiro atoms. The van der Waals surface area contributed by atoms with Crippen molar-refractivity contribution >= 4 is 11.9 Å². The number of nitrogens with zero attached hydrogens (tertiary/aromatic N) is 4. The van der Waals surface area contributed by atoms with Crippen molar-refractivity contribution < 1.29 is 9.53 Å². The third kappa shape index (κ3) is 6.58. The van der Waals surface area contributed by atoms with Gasteiger partial charge in [0.25, 0.3) is 0 Å². The maximum Gasteiger partial charge on any atom is 0.241 e. The molecule has 8 nitrogen and oxygen atoms in total. The summed E-state index contributed by atoms with van der Waals surface area (Å²) in [6.07, 6.45) is 0. The van der Waals surface area contributed by atoms with Crippen LogP contribution in [-0.4, -0.2) is 54.3 Å². The molecule has 0 saturated heterocycles. The predicted molar refractivity (Wildman–Crippen MR) is 131 cm³/mol. The largest absolute Gasteiger partial charge is 0.497 e. The van der Waals surface area contributed by atoms with E-state index >= 15 is 0 Å². The summed E-state index contributed by atoms with van der Waals surface area (Å²) < 4.78 is 7.17. The lowest BCUT2D eigenvalue weighted by molar-refractivity contribution is -0.127. The molecular formula is C25H32N6O2. The molecule has 8 heteroatoms. The van der Waals surface area contributed by atoms with Crippen molar-refractivity contribution in [3.8, 4) is 11.4 Å². The lowest BCUT2D eigenvalue weighted by atomic mass is 10.1. The number of rotatable bonds is 8. The lowest BCUT2D eigenvalue weighted by Gasteiger charge is -2.17. The zero-order valence-electron chi connectivity index (χ0n) is 19.9. The third-order valence-corrected chi connectivity index (χ3v) is 5.16. The van der Waals surface area contributed by atoms with Crippen LogP contribution < -0.4 is 15.4 Å². The maximum atomic E-state index is 12.1. The van der Waals surface area contributed by atoms with Crippen LogP contribution in [0.1, 0.15) is 22.5 Å². The van der Waals surface area contributed by atoms with Gasteiger partial charge in [-0.2, -0.15) is 5.10 Å². The molecule has 2 N–H and O–H groups in total. The van der Waals surface area contributed by atoms with Crippen molar-refractivity contribution in [2.24, 2.45) is 4.99 Å². The summed E-state index contributed by atoms with van der Waals surface area (Å²) in [6, 6.07) is 17.9. The zero-order valence-corrected chi connectivity index (χ0v) is 19.9. The van der Waals surface area contributed by atoms with Crippen molar-refractivity contribution in [3.05, 3.63) is 77.1 Å². The van der Waals surface area contributed by atoms with Crippen molar-refractivity contribution in [3.63, 3.8) is 0 Å². The summed E-state index contributed by atoms with van der Waals surface area (Å²) in [5.41, 5.74) is 5.17. The minimum Gasteiger partial charge on any atom is -0.497 e. The number of carbonyl (C=O) groups is 1. The first-order valence-electron chi connectivity index (χ1n) is 10.8. The van der Waals surface area contributed by atoms with Crippen molar-refractivity contribution in [2.75, 3.05) is 27.7 Å². The summed E-state index contributed by atoms with van der Waals surface area (Å²) >= 11 is 0. The molecule has 0 aliphatic heterocycles. The van der Waals surface area contributed by atoms with Crippen LogP contribution in [0.4, 0.5) is 0 Å². The average Bonchev–Trinajstić information content (AvgIpc) is 3.16. The Morgan fingerprint density at radius 3 is 2.45 bits per heavy atom. The van der Waals surface area contributed by atoms with E-state index in [1.807, 2.05) is 61.0 Å². The molecule has 0 saturated carbocycles. The fourth-order valence-corrected chi connectivity index (χ4v) is 3.31. The van der Waals surface area contributed by atoms with Gasteiger partial charge in [0.2, 0.25) is 5.91 Å². The quantitative estimate of drug-likeness (QED) is 0.409. The van der Waals surface area contributed by atoms with E-state index in [0.717, 1.165) is 34.0 Å². The first kappa shape index (κ1) is 23.8. The first-order valence-corrected chi connectivity index (χ1v) is 10.8. The number of aryl methyl sites for hydroxylation is 2. The summed E-state index contributed by atoms with van der Waals surface area (Å²) in [4.78, 5) is 18.3. The Morgan fingerprint density at radius 2 is 1.82 bits per heavy atom. The molecule has 174 valence electrons. The SMILES string of the molecule is COc1ccc(CN=C(NCC(=O)N(C)C)NCc2ccccc2-n2nc(C)cc2C)cc1. The van der Waals surface area contributed by atoms with Gasteiger partial charge in [-0.05, 0) is 49.2 Å². The number of hydrogen-bond acceptors (Lipinski definition) is 4. The number of carbonyl (C=O) groups excluding carboxylic acids is 1. The number of nitrogens with one attached hydrogen (secondary N) is 2. The zero-order chi connectivity index (χ0) is 23.8. The molecule has 1 aromatic heterocycles. The fourth-order valence-electron chi connectivity index (χ4n) is 3.31. The number of guanidine groups is 1. The molecule has 0 radical (unpaired) electrons. The molecule has 0 fully saturated rings. The second-order valence-corrected chi connectivity index (χ2v) is 7.98. The van der Waals surface area contributed by atoms with Crippen LogP contribution in [0.5, 0.6) is 5.75 Å². The van der Waals surface area contributed by atoms with Crippen molar-refractivity contribution in [1.82, 2.24) is 25.3 Å². The topological polar surface area (TPSA) is 83.8 Å². The van der Waals surface area contributed by atoms with Gasteiger partial charge in [-0.1, -0.05) is 30.3 Å². The number of aliphatic imine (C=N–C) groups is 1. The first-order chi connectivity index (χ1) is 15.9. The third-order valence-electron chi connectivity index (χ3n) is 5.16. The minimum atomic E-state index is -0.0306. The second kappa shape index (κ2) is 11.2. The van der Waals surface area contributed by atoms with E-state index in [0.29, 0.717) is 19.0 Å². The normalized spacial score (nSPS) is 11.2. The van der Waals surface area contributed by atoms with Crippen LogP contribution in [0.25, 0.3) is 5.69 Å². The van der Waals surface area contributed by atoms with Crippen LogP contribution >= 0.6 is 0 Å². The van der Waals surface area contributed by atoms with E-state index in [2.05, 4.69) is 32.9 Å². The second-order valence-electron chi connectivity index (χ2n) is 7.98. The number of hydrogen-bond donors (Lipinski definition) is 2. The summed E-state index contributed by atoms with van der Waals surface area (Å²) in [6.45, 7) is 5.18. The summed E-state index contributed by atoms with van der Waals surface area (Å²) in [5.74, 6) is 1.33. The van der Waals surface area contributed by atoms with Gasteiger partial charge < -0.3 is 20.3 Å². The Hall–Kier alpha value is -3.81. The molecule has 3 rings (SSSR count). The molecule has 33 heavy (non-hydrogen) atoms. The molecule has 0 aliphatic rings. The molecule has 0 bridgehead atoms. The van der Waals surface area contributed by atoms with E-state index < -0.39 is 0 Å². The Labute approximate surface area is 195 Å². The highest BCUT2D eigenvalue weighted by atomic mass is 16.5. The van der Waals surface area contributed by atoms with Gasteiger partial charge in [0.15, 0.2) is 5.96 Å². The number of likely N-dealkylation sites (N-methyl/N-ethyl adjacent to an activating group) is 1. The van der Waals surface area contributed by atoms with E-state index in [1.165, 1.54) is 0 Å². The highest BCUT2D eigenvalue weighted by Gasteiger charge is 2.11. The number of ether oxygens (including phenoxy) is 1.